The molecule has 0 spiro atoms. The van der Waals surface area contributed by atoms with Gasteiger partial charge in [-0.05, 0) is 13.3 Å². The Hall–Kier alpha value is -0.860. The summed E-state index contributed by atoms with van der Waals surface area (Å²) in [6.07, 6.45) is 2.18. The summed E-state index contributed by atoms with van der Waals surface area (Å²) in [5.41, 5.74) is 2.31. The van der Waals surface area contributed by atoms with E-state index in [0.29, 0.717) is 0 Å². The molecule has 0 bridgehead atoms. The fraction of sp³-hybridized carbons (Fsp3) is 0.818. The minimum absolute atomic E-state index is 1.04. The molecule has 0 N–H and O–H groups in total. The van der Waals surface area contributed by atoms with Crippen LogP contribution in [0.4, 0.5) is 0 Å². The average molecular weight is 199 g/mol. The summed E-state index contributed by atoms with van der Waals surface area (Å²) in [7, 11) is 1.92. The number of rotatable bonds is 2. The standard InChI is InChI=1S/C7H13N3.2C2H6/c1-4-5-7-6(2)10(3)9-8-7;2*1-2/h4-5H2,1-3H3;2*1-2H3. The Morgan fingerprint density at radius 2 is 1.64 bits per heavy atom. The lowest BCUT2D eigenvalue weighted by atomic mass is 10.2. The fourth-order valence-corrected chi connectivity index (χ4v) is 0.915. The molecule has 14 heavy (non-hydrogen) atoms. The maximum Gasteiger partial charge on any atom is 0.0856 e. The zero-order valence-electron chi connectivity index (χ0n) is 10.8. The van der Waals surface area contributed by atoms with Crippen molar-refractivity contribution in [1.29, 1.82) is 0 Å². The van der Waals surface area contributed by atoms with Crippen LogP contribution >= 0.6 is 0 Å². The van der Waals surface area contributed by atoms with Crippen LogP contribution in [-0.2, 0) is 13.5 Å². The highest BCUT2D eigenvalue weighted by molar-refractivity contribution is 5.06. The van der Waals surface area contributed by atoms with Gasteiger partial charge in [0.05, 0.1) is 11.4 Å². The van der Waals surface area contributed by atoms with Crippen molar-refractivity contribution in [1.82, 2.24) is 15.0 Å². The number of nitrogens with zero attached hydrogens (tertiary/aromatic N) is 3. The second kappa shape index (κ2) is 10.2. The molecular weight excluding hydrogens is 174 g/mol. The Labute approximate surface area is 88.5 Å². The molecule has 0 atom stereocenters. The minimum Gasteiger partial charge on any atom is -0.252 e. The van der Waals surface area contributed by atoms with Gasteiger partial charge >= 0.3 is 0 Å². The summed E-state index contributed by atoms with van der Waals surface area (Å²) in [5.74, 6) is 0. The van der Waals surface area contributed by atoms with Crippen molar-refractivity contribution in [3.05, 3.63) is 11.4 Å². The topological polar surface area (TPSA) is 30.7 Å². The van der Waals surface area contributed by atoms with E-state index in [2.05, 4.69) is 17.2 Å². The van der Waals surface area contributed by atoms with Gasteiger partial charge in [-0.25, -0.2) is 0 Å². The van der Waals surface area contributed by atoms with Crippen molar-refractivity contribution in [2.45, 2.75) is 54.4 Å². The lowest BCUT2D eigenvalue weighted by Gasteiger charge is -1.93. The van der Waals surface area contributed by atoms with Crippen LogP contribution in [0, 0.1) is 6.92 Å². The predicted molar refractivity (Wildman–Crippen MR) is 62.4 cm³/mol. The lowest BCUT2D eigenvalue weighted by molar-refractivity contribution is 0.696. The van der Waals surface area contributed by atoms with Crippen LogP contribution < -0.4 is 0 Å². The molecule has 1 aromatic rings. The summed E-state index contributed by atoms with van der Waals surface area (Å²) >= 11 is 0. The third-order valence-corrected chi connectivity index (χ3v) is 1.69. The second-order valence-corrected chi connectivity index (χ2v) is 2.50. The predicted octanol–water partition coefficient (Wildman–Crippen LogP) is 3.13. The molecule has 0 aliphatic carbocycles. The van der Waals surface area contributed by atoms with E-state index in [9.17, 15) is 0 Å². The minimum atomic E-state index is 1.04. The molecule has 1 heterocycles. The van der Waals surface area contributed by atoms with E-state index in [1.165, 1.54) is 5.69 Å². The van der Waals surface area contributed by atoms with Crippen molar-refractivity contribution in [2.24, 2.45) is 7.05 Å². The highest BCUT2D eigenvalue weighted by Gasteiger charge is 2.02. The first-order valence-corrected chi connectivity index (χ1v) is 5.61. The van der Waals surface area contributed by atoms with Gasteiger partial charge in [0.15, 0.2) is 0 Å². The van der Waals surface area contributed by atoms with E-state index in [0.717, 1.165) is 18.5 Å². The van der Waals surface area contributed by atoms with Gasteiger partial charge in [-0.1, -0.05) is 46.3 Å². The molecule has 0 aliphatic heterocycles. The molecule has 84 valence electrons. The van der Waals surface area contributed by atoms with Crippen LogP contribution in [0.3, 0.4) is 0 Å². The van der Waals surface area contributed by atoms with Crippen LogP contribution in [0.15, 0.2) is 0 Å². The van der Waals surface area contributed by atoms with Crippen LogP contribution in [-0.4, -0.2) is 15.0 Å². The van der Waals surface area contributed by atoms with Crippen molar-refractivity contribution in [2.75, 3.05) is 0 Å². The Morgan fingerprint density at radius 3 is 1.93 bits per heavy atom. The first kappa shape index (κ1) is 15.6. The molecular formula is C11H25N3. The molecule has 0 radical (unpaired) electrons. The Morgan fingerprint density at radius 1 is 1.14 bits per heavy atom. The van der Waals surface area contributed by atoms with Gasteiger partial charge in [-0.2, -0.15) is 0 Å². The van der Waals surface area contributed by atoms with Gasteiger partial charge in [0, 0.05) is 7.05 Å². The normalized spacial score (nSPS) is 8.21. The van der Waals surface area contributed by atoms with E-state index in [1.54, 1.807) is 0 Å². The number of hydrogen-bond acceptors (Lipinski definition) is 2. The van der Waals surface area contributed by atoms with Crippen molar-refractivity contribution >= 4 is 0 Å². The summed E-state index contributed by atoms with van der Waals surface area (Å²) in [6.45, 7) is 12.2. The van der Waals surface area contributed by atoms with Gasteiger partial charge < -0.3 is 0 Å². The zero-order chi connectivity index (χ0) is 11.6. The summed E-state index contributed by atoms with van der Waals surface area (Å²) in [4.78, 5) is 0. The van der Waals surface area contributed by atoms with Gasteiger partial charge in [-0.15, -0.1) is 5.10 Å². The monoisotopic (exact) mass is 199 g/mol. The summed E-state index contributed by atoms with van der Waals surface area (Å²) in [5, 5.41) is 7.92. The molecule has 0 aromatic carbocycles. The van der Waals surface area contributed by atoms with Crippen molar-refractivity contribution < 1.29 is 0 Å². The molecule has 1 rings (SSSR count). The number of aryl methyl sites for hydroxylation is 2. The maximum atomic E-state index is 4.02. The SMILES string of the molecule is CC.CC.CCCc1nnn(C)c1C. The number of aromatic nitrogens is 3. The number of hydrogen-bond donors (Lipinski definition) is 0. The fourth-order valence-electron chi connectivity index (χ4n) is 0.915. The Balaban J connectivity index is 0. The van der Waals surface area contributed by atoms with E-state index in [1.807, 2.05) is 46.3 Å². The quantitative estimate of drug-likeness (QED) is 0.732. The van der Waals surface area contributed by atoms with Gasteiger partial charge in [0.1, 0.15) is 0 Å². The molecule has 0 aliphatic rings. The van der Waals surface area contributed by atoms with Crippen LogP contribution in [0.1, 0.15) is 52.4 Å². The first-order valence-electron chi connectivity index (χ1n) is 5.61. The largest absolute Gasteiger partial charge is 0.252 e. The van der Waals surface area contributed by atoms with Crippen LogP contribution in [0.2, 0.25) is 0 Å². The molecule has 3 nitrogen and oxygen atoms in total. The Kier molecular flexibility index (Phi) is 11.4. The van der Waals surface area contributed by atoms with Gasteiger partial charge in [0.2, 0.25) is 0 Å². The molecule has 0 saturated carbocycles. The summed E-state index contributed by atoms with van der Waals surface area (Å²) in [6, 6.07) is 0. The molecule has 0 fully saturated rings. The smallest absolute Gasteiger partial charge is 0.0856 e. The molecule has 0 amide bonds. The lowest BCUT2D eigenvalue weighted by Crippen LogP contribution is -1.93. The second-order valence-electron chi connectivity index (χ2n) is 2.50. The highest BCUT2D eigenvalue weighted by atomic mass is 15.4. The third-order valence-electron chi connectivity index (χ3n) is 1.69. The molecule has 0 saturated heterocycles. The van der Waals surface area contributed by atoms with Crippen molar-refractivity contribution in [3.63, 3.8) is 0 Å². The van der Waals surface area contributed by atoms with E-state index in [4.69, 9.17) is 0 Å². The van der Waals surface area contributed by atoms with Crippen LogP contribution in [0.5, 0.6) is 0 Å². The van der Waals surface area contributed by atoms with Gasteiger partial charge in [0.25, 0.3) is 0 Å². The first-order chi connectivity index (χ1) is 6.75. The van der Waals surface area contributed by atoms with E-state index in [-0.39, 0.29) is 0 Å². The summed E-state index contributed by atoms with van der Waals surface area (Å²) < 4.78 is 1.81. The van der Waals surface area contributed by atoms with Gasteiger partial charge in [-0.3, -0.25) is 4.68 Å². The molecule has 1 aromatic heterocycles. The van der Waals surface area contributed by atoms with Crippen LogP contribution in [0.25, 0.3) is 0 Å². The molecule has 0 unspecified atom stereocenters. The average Bonchev–Trinajstić information content (AvgIpc) is 2.56. The molecule has 3 heteroatoms. The Bertz CT molecular complexity index is 216. The zero-order valence-corrected chi connectivity index (χ0v) is 10.8. The highest BCUT2D eigenvalue weighted by Crippen LogP contribution is 2.03. The van der Waals surface area contributed by atoms with Crippen molar-refractivity contribution in [3.8, 4) is 0 Å². The maximum absolute atomic E-state index is 4.02. The third kappa shape index (κ3) is 5.00. The van der Waals surface area contributed by atoms with E-state index >= 15 is 0 Å². The van der Waals surface area contributed by atoms with E-state index < -0.39 is 0 Å².